The van der Waals surface area contributed by atoms with Gasteiger partial charge in [0.25, 0.3) is 0 Å². The van der Waals surface area contributed by atoms with E-state index in [1.54, 1.807) is 0 Å². The van der Waals surface area contributed by atoms with Crippen molar-refractivity contribution in [1.82, 2.24) is 9.47 Å². The summed E-state index contributed by atoms with van der Waals surface area (Å²) in [6.07, 6.45) is 5.99. The van der Waals surface area contributed by atoms with Crippen molar-refractivity contribution in [2.75, 3.05) is 13.1 Å². The molecule has 0 saturated carbocycles. The van der Waals surface area contributed by atoms with Crippen LogP contribution in [0.15, 0.2) is 18.3 Å². The number of likely N-dealkylation sites (tertiary alicyclic amines) is 1. The molecule has 1 fully saturated rings. The van der Waals surface area contributed by atoms with Gasteiger partial charge in [0, 0.05) is 44.9 Å². The summed E-state index contributed by atoms with van der Waals surface area (Å²) in [5.74, 6) is 0.329. The molecule has 2 heterocycles. The predicted molar refractivity (Wildman–Crippen MR) is 59.5 cm³/mol. The van der Waals surface area contributed by atoms with Gasteiger partial charge in [-0.3, -0.25) is 4.79 Å². The molecule has 0 aliphatic carbocycles. The van der Waals surface area contributed by atoms with E-state index in [-0.39, 0.29) is 0 Å². The summed E-state index contributed by atoms with van der Waals surface area (Å²) in [4.78, 5) is 13.6. The van der Waals surface area contributed by atoms with Crippen molar-refractivity contribution >= 4 is 5.91 Å². The van der Waals surface area contributed by atoms with Crippen LogP contribution in [0.5, 0.6) is 0 Å². The van der Waals surface area contributed by atoms with E-state index in [9.17, 15) is 4.79 Å². The normalized spacial score (nSPS) is 17.1. The van der Waals surface area contributed by atoms with Gasteiger partial charge in [-0.05, 0) is 25.0 Å². The molecular formula is C12H18N2O. The summed E-state index contributed by atoms with van der Waals surface area (Å²) < 4.78 is 2.12. The minimum absolute atomic E-state index is 0.329. The Morgan fingerprint density at radius 2 is 2.27 bits per heavy atom. The summed E-state index contributed by atoms with van der Waals surface area (Å²) in [5.41, 5.74) is 1.30. The number of aryl methyl sites for hydroxylation is 1. The van der Waals surface area contributed by atoms with Gasteiger partial charge in [-0.2, -0.15) is 0 Å². The number of carbonyl (C=O) groups excluding carboxylic acids is 1. The lowest BCUT2D eigenvalue weighted by atomic mass is 10.1. The number of hydrogen-bond donors (Lipinski definition) is 0. The summed E-state index contributed by atoms with van der Waals surface area (Å²) in [5, 5.41) is 0. The van der Waals surface area contributed by atoms with Crippen LogP contribution in [0, 0.1) is 0 Å². The molecule has 0 spiro atoms. The SMILES string of the molecule is Cn1cccc1CCN1CCCCC1=O. The van der Waals surface area contributed by atoms with Crippen molar-refractivity contribution in [3.8, 4) is 0 Å². The second-order valence-corrected chi connectivity index (χ2v) is 4.20. The van der Waals surface area contributed by atoms with Crippen LogP contribution in [-0.2, 0) is 18.3 Å². The molecule has 2 rings (SSSR count). The van der Waals surface area contributed by atoms with Crippen LogP contribution in [-0.4, -0.2) is 28.5 Å². The number of piperidine rings is 1. The van der Waals surface area contributed by atoms with Gasteiger partial charge in [-0.25, -0.2) is 0 Å². The molecule has 0 bridgehead atoms. The van der Waals surface area contributed by atoms with E-state index in [1.165, 1.54) is 12.1 Å². The second-order valence-electron chi connectivity index (χ2n) is 4.20. The predicted octanol–water partition coefficient (Wildman–Crippen LogP) is 1.58. The highest BCUT2D eigenvalue weighted by molar-refractivity contribution is 5.76. The maximum atomic E-state index is 11.6. The van der Waals surface area contributed by atoms with Crippen LogP contribution >= 0.6 is 0 Å². The molecule has 1 aliphatic rings. The Balaban J connectivity index is 1.87. The molecule has 3 heteroatoms. The highest BCUT2D eigenvalue weighted by atomic mass is 16.2. The van der Waals surface area contributed by atoms with E-state index in [0.29, 0.717) is 5.91 Å². The minimum Gasteiger partial charge on any atom is -0.354 e. The van der Waals surface area contributed by atoms with Crippen molar-refractivity contribution in [1.29, 1.82) is 0 Å². The van der Waals surface area contributed by atoms with E-state index < -0.39 is 0 Å². The Labute approximate surface area is 90.7 Å². The highest BCUT2D eigenvalue weighted by Gasteiger charge is 2.17. The Morgan fingerprint density at radius 3 is 2.93 bits per heavy atom. The quantitative estimate of drug-likeness (QED) is 0.737. The van der Waals surface area contributed by atoms with E-state index in [4.69, 9.17) is 0 Å². The Hall–Kier alpha value is -1.25. The van der Waals surface area contributed by atoms with Gasteiger partial charge in [0.1, 0.15) is 0 Å². The van der Waals surface area contributed by atoms with Gasteiger partial charge < -0.3 is 9.47 Å². The van der Waals surface area contributed by atoms with Gasteiger partial charge in [0.2, 0.25) is 5.91 Å². The molecule has 0 unspecified atom stereocenters. The summed E-state index contributed by atoms with van der Waals surface area (Å²) in [6, 6.07) is 4.17. The Kier molecular flexibility index (Phi) is 3.09. The summed E-state index contributed by atoms with van der Waals surface area (Å²) in [6.45, 7) is 1.82. The van der Waals surface area contributed by atoms with E-state index in [0.717, 1.165) is 32.4 Å². The number of hydrogen-bond acceptors (Lipinski definition) is 1. The molecule has 0 aromatic carbocycles. The lowest BCUT2D eigenvalue weighted by Gasteiger charge is -2.26. The Morgan fingerprint density at radius 1 is 1.40 bits per heavy atom. The topological polar surface area (TPSA) is 25.2 Å². The minimum atomic E-state index is 0.329. The van der Waals surface area contributed by atoms with Crippen molar-refractivity contribution < 1.29 is 4.79 Å². The second kappa shape index (κ2) is 4.51. The smallest absolute Gasteiger partial charge is 0.222 e. The zero-order chi connectivity index (χ0) is 10.7. The first kappa shape index (κ1) is 10.3. The van der Waals surface area contributed by atoms with Crippen LogP contribution in [0.1, 0.15) is 25.0 Å². The zero-order valence-electron chi connectivity index (χ0n) is 9.28. The molecule has 0 N–H and O–H groups in total. The number of aromatic nitrogens is 1. The average molecular weight is 206 g/mol. The first-order valence-corrected chi connectivity index (χ1v) is 5.65. The highest BCUT2D eigenvalue weighted by Crippen LogP contribution is 2.11. The molecule has 3 nitrogen and oxygen atoms in total. The molecule has 1 aliphatic heterocycles. The van der Waals surface area contributed by atoms with Gasteiger partial charge in [-0.1, -0.05) is 0 Å². The lowest BCUT2D eigenvalue weighted by Crippen LogP contribution is -2.36. The van der Waals surface area contributed by atoms with Crippen LogP contribution in [0.2, 0.25) is 0 Å². The number of amides is 1. The zero-order valence-corrected chi connectivity index (χ0v) is 9.28. The monoisotopic (exact) mass is 206 g/mol. The van der Waals surface area contributed by atoms with Crippen LogP contribution in [0.25, 0.3) is 0 Å². The van der Waals surface area contributed by atoms with Gasteiger partial charge in [-0.15, -0.1) is 0 Å². The first-order chi connectivity index (χ1) is 7.27. The lowest BCUT2D eigenvalue weighted by molar-refractivity contribution is -0.133. The van der Waals surface area contributed by atoms with E-state index in [1.807, 2.05) is 24.2 Å². The molecule has 1 saturated heterocycles. The van der Waals surface area contributed by atoms with Crippen molar-refractivity contribution in [2.24, 2.45) is 7.05 Å². The average Bonchev–Trinajstić information content (AvgIpc) is 2.63. The van der Waals surface area contributed by atoms with Gasteiger partial charge >= 0.3 is 0 Å². The third kappa shape index (κ3) is 2.41. The number of nitrogens with zero attached hydrogens (tertiary/aromatic N) is 2. The summed E-state index contributed by atoms with van der Waals surface area (Å²) in [7, 11) is 2.05. The molecule has 15 heavy (non-hydrogen) atoms. The van der Waals surface area contributed by atoms with Crippen molar-refractivity contribution in [2.45, 2.75) is 25.7 Å². The summed E-state index contributed by atoms with van der Waals surface area (Å²) >= 11 is 0. The fourth-order valence-electron chi connectivity index (χ4n) is 2.10. The molecule has 1 aromatic heterocycles. The molecule has 1 aromatic rings. The molecule has 0 radical (unpaired) electrons. The molecule has 0 atom stereocenters. The molecule has 1 amide bonds. The van der Waals surface area contributed by atoms with Crippen molar-refractivity contribution in [3.05, 3.63) is 24.0 Å². The third-order valence-electron chi connectivity index (χ3n) is 3.11. The number of carbonyl (C=O) groups is 1. The van der Waals surface area contributed by atoms with E-state index >= 15 is 0 Å². The van der Waals surface area contributed by atoms with E-state index in [2.05, 4.69) is 10.6 Å². The van der Waals surface area contributed by atoms with Gasteiger partial charge in [0.15, 0.2) is 0 Å². The first-order valence-electron chi connectivity index (χ1n) is 5.65. The fourth-order valence-corrected chi connectivity index (χ4v) is 2.10. The van der Waals surface area contributed by atoms with Crippen LogP contribution in [0.3, 0.4) is 0 Å². The third-order valence-corrected chi connectivity index (χ3v) is 3.11. The maximum Gasteiger partial charge on any atom is 0.222 e. The van der Waals surface area contributed by atoms with Crippen LogP contribution < -0.4 is 0 Å². The molecular weight excluding hydrogens is 188 g/mol. The van der Waals surface area contributed by atoms with Crippen LogP contribution in [0.4, 0.5) is 0 Å². The standard InChI is InChI=1S/C12H18N2O/c1-13-8-4-5-11(13)7-10-14-9-3-2-6-12(14)15/h4-5,8H,2-3,6-7,9-10H2,1H3. The largest absolute Gasteiger partial charge is 0.354 e. The van der Waals surface area contributed by atoms with Gasteiger partial charge in [0.05, 0.1) is 0 Å². The fraction of sp³-hybridized carbons (Fsp3) is 0.583. The van der Waals surface area contributed by atoms with Crippen molar-refractivity contribution in [3.63, 3.8) is 0 Å². The molecule has 82 valence electrons. The number of rotatable bonds is 3. The maximum absolute atomic E-state index is 11.6. The Bertz CT molecular complexity index is 343.